The van der Waals surface area contributed by atoms with Crippen LogP contribution in [0.2, 0.25) is 0 Å². The third-order valence-corrected chi connectivity index (χ3v) is 6.24. The van der Waals surface area contributed by atoms with E-state index in [0.29, 0.717) is 25.4 Å². The summed E-state index contributed by atoms with van der Waals surface area (Å²) in [5.74, 6) is 1.96. The minimum Gasteiger partial charge on any atom is -0.357 e. The highest BCUT2D eigenvalue weighted by Crippen LogP contribution is 2.21. The van der Waals surface area contributed by atoms with Crippen molar-refractivity contribution in [2.75, 3.05) is 26.2 Å². The van der Waals surface area contributed by atoms with Gasteiger partial charge in [0.2, 0.25) is 5.91 Å². The molecule has 2 aromatic carbocycles. The molecule has 2 aliphatic heterocycles. The van der Waals surface area contributed by atoms with Gasteiger partial charge >= 0.3 is 0 Å². The van der Waals surface area contributed by atoms with E-state index in [1.165, 1.54) is 23.1 Å². The van der Waals surface area contributed by atoms with Gasteiger partial charge < -0.3 is 15.1 Å². The Kier molecular flexibility index (Phi) is 7.23. The molecule has 0 aliphatic carbocycles. The summed E-state index contributed by atoms with van der Waals surface area (Å²) in [6, 6.07) is 19.3. The van der Waals surface area contributed by atoms with Gasteiger partial charge in [-0.2, -0.15) is 0 Å². The maximum absolute atomic E-state index is 11.9. The highest BCUT2D eigenvalue weighted by atomic mass is 16.2. The zero-order valence-electron chi connectivity index (χ0n) is 18.6. The van der Waals surface area contributed by atoms with Gasteiger partial charge in [-0.05, 0) is 48.8 Å². The van der Waals surface area contributed by atoms with Crippen molar-refractivity contribution in [3.05, 3.63) is 71.3 Å². The number of rotatable bonds is 7. The normalized spacial score (nSPS) is 19.3. The number of carbonyl (C=O) groups is 1. The Balaban J connectivity index is 1.36. The lowest BCUT2D eigenvalue weighted by Gasteiger charge is -2.22. The Morgan fingerprint density at radius 2 is 1.87 bits per heavy atom. The summed E-state index contributed by atoms with van der Waals surface area (Å²) in [5, 5.41) is 3.48. The second-order valence-corrected chi connectivity index (χ2v) is 8.70. The van der Waals surface area contributed by atoms with Crippen LogP contribution in [-0.4, -0.2) is 47.8 Å². The molecule has 1 unspecified atom stereocenters. The maximum atomic E-state index is 11.9. The van der Waals surface area contributed by atoms with Gasteiger partial charge in [-0.25, -0.2) is 4.99 Å². The average molecular weight is 419 g/mol. The monoisotopic (exact) mass is 418 g/mol. The molecule has 0 spiro atoms. The van der Waals surface area contributed by atoms with Crippen molar-refractivity contribution < 1.29 is 4.79 Å². The van der Waals surface area contributed by atoms with Crippen molar-refractivity contribution in [2.45, 2.75) is 45.7 Å². The van der Waals surface area contributed by atoms with Crippen LogP contribution in [0.1, 0.15) is 42.9 Å². The molecule has 1 atom stereocenters. The van der Waals surface area contributed by atoms with Crippen molar-refractivity contribution in [2.24, 2.45) is 10.9 Å². The Bertz CT molecular complexity index is 895. The molecule has 1 amide bonds. The van der Waals surface area contributed by atoms with Gasteiger partial charge in [-0.1, -0.05) is 54.6 Å². The number of aliphatic imine (C=N–C) groups is 1. The average Bonchev–Trinajstić information content (AvgIpc) is 3.41. The number of amides is 1. The molecular formula is C26H34N4O. The smallest absolute Gasteiger partial charge is 0.222 e. The first-order valence-corrected chi connectivity index (χ1v) is 11.6. The molecule has 2 aromatic rings. The first kappa shape index (κ1) is 21.4. The van der Waals surface area contributed by atoms with Crippen LogP contribution in [0.5, 0.6) is 0 Å². The first-order chi connectivity index (χ1) is 15.2. The molecule has 164 valence electrons. The first-order valence-electron chi connectivity index (χ1n) is 11.6. The van der Waals surface area contributed by atoms with Crippen molar-refractivity contribution in [1.29, 1.82) is 0 Å². The molecule has 31 heavy (non-hydrogen) atoms. The lowest BCUT2D eigenvalue weighted by atomic mass is 9.99. The van der Waals surface area contributed by atoms with Gasteiger partial charge in [0.25, 0.3) is 0 Å². The predicted octanol–water partition coefficient (Wildman–Crippen LogP) is 3.84. The number of hydrogen-bond donors (Lipinski definition) is 1. The molecule has 0 radical (unpaired) electrons. The number of likely N-dealkylation sites (tertiary alicyclic amines) is 2. The van der Waals surface area contributed by atoms with Gasteiger partial charge in [0.05, 0.1) is 6.54 Å². The number of benzene rings is 2. The van der Waals surface area contributed by atoms with E-state index in [9.17, 15) is 4.79 Å². The largest absolute Gasteiger partial charge is 0.357 e. The van der Waals surface area contributed by atoms with E-state index in [-0.39, 0.29) is 5.91 Å². The summed E-state index contributed by atoms with van der Waals surface area (Å²) in [5.41, 5.74) is 3.81. The Hall–Kier alpha value is -2.82. The standard InChI is InChI=1S/C26H34N4O/c1-2-27-26(30-15-13-24(20-30)16-21-8-4-3-5-9-21)28-18-22-10-6-11-23(17-22)19-29-14-7-12-25(29)31/h3-6,8-11,17,24H,2,7,12-16,18-20H2,1H3,(H,27,28). The fraction of sp³-hybridized carbons (Fsp3) is 0.462. The topological polar surface area (TPSA) is 47.9 Å². The van der Waals surface area contributed by atoms with Gasteiger partial charge in [-0.15, -0.1) is 0 Å². The molecular weight excluding hydrogens is 384 g/mol. The summed E-state index contributed by atoms with van der Waals surface area (Å²) < 4.78 is 0. The molecule has 4 rings (SSSR count). The predicted molar refractivity (Wildman–Crippen MR) is 126 cm³/mol. The van der Waals surface area contributed by atoms with Crippen molar-refractivity contribution in [1.82, 2.24) is 15.1 Å². The van der Waals surface area contributed by atoms with Crippen molar-refractivity contribution in [3.8, 4) is 0 Å². The number of nitrogens with one attached hydrogen (secondary N) is 1. The second kappa shape index (κ2) is 10.5. The fourth-order valence-electron chi connectivity index (χ4n) is 4.65. The van der Waals surface area contributed by atoms with E-state index in [1.54, 1.807) is 0 Å². The summed E-state index contributed by atoms with van der Waals surface area (Å²) in [7, 11) is 0. The molecule has 0 bridgehead atoms. The van der Waals surface area contributed by atoms with Gasteiger partial charge in [0, 0.05) is 39.1 Å². The van der Waals surface area contributed by atoms with Gasteiger partial charge in [0.15, 0.2) is 5.96 Å². The second-order valence-electron chi connectivity index (χ2n) is 8.70. The fourth-order valence-corrected chi connectivity index (χ4v) is 4.65. The van der Waals surface area contributed by atoms with Crippen LogP contribution in [0.25, 0.3) is 0 Å². The van der Waals surface area contributed by atoms with Gasteiger partial charge in [-0.3, -0.25) is 4.79 Å². The van der Waals surface area contributed by atoms with E-state index >= 15 is 0 Å². The van der Waals surface area contributed by atoms with E-state index in [1.807, 2.05) is 4.90 Å². The van der Waals surface area contributed by atoms with E-state index in [4.69, 9.17) is 4.99 Å². The van der Waals surface area contributed by atoms with E-state index in [2.05, 4.69) is 71.7 Å². The summed E-state index contributed by atoms with van der Waals surface area (Å²) in [4.78, 5) is 21.2. The SMILES string of the molecule is CCNC(=NCc1cccc(CN2CCCC2=O)c1)N1CCC(Cc2ccccc2)C1. The molecule has 0 aromatic heterocycles. The third kappa shape index (κ3) is 5.87. The van der Waals surface area contributed by atoms with Crippen LogP contribution < -0.4 is 5.32 Å². The summed E-state index contributed by atoms with van der Waals surface area (Å²) >= 11 is 0. The number of carbonyl (C=O) groups excluding carboxylic acids is 1. The van der Waals surface area contributed by atoms with Crippen LogP contribution in [0.4, 0.5) is 0 Å². The molecule has 1 N–H and O–H groups in total. The maximum Gasteiger partial charge on any atom is 0.222 e. The number of guanidine groups is 1. The molecule has 2 heterocycles. The molecule has 5 heteroatoms. The molecule has 0 saturated carbocycles. The molecule has 2 fully saturated rings. The lowest BCUT2D eigenvalue weighted by molar-refractivity contribution is -0.128. The van der Waals surface area contributed by atoms with Gasteiger partial charge in [0.1, 0.15) is 0 Å². The summed E-state index contributed by atoms with van der Waals surface area (Å²) in [6.45, 7) is 7.35. The van der Waals surface area contributed by atoms with Crippen molar-refractivity contribution >= 4 is 11.9 Å². The Labute approximate surface area is 186 Å². The van der Waals surface area contributed by atoms with Crippen LogP contribution in [0.15, 0.2) is 59.6 Å². The highest BCUT2D eigenvalue weighted by molar-refractivity contribution is 5.80. The van der Waals surface area contributed by atoms with E-state index in [0.717, 1.165) is 45.0 Å². The molecule has 2 aliphatic rings. The Morgan fingerprint density at radius 1 is 1.06 bits per heavy atom. The number of hydrogen-bond acceptors (Lipinski definition) is 2. The lowest BCUT2D eigenvalue weighted by Crippen LogP contribution is -2.40. The van der Waals surface area contributed by atoms with Crippen LogP contribution in [-0.2, 0) is 24.3 Å². The van der Waals surface area contributed by atoms with Crippen molar-refractivity contribution in [3.63, 3.8) is 0 Å². The molecule has 2 saturated heterocycles. The van der Waals surface area contributed by atoms with Crippen LogP contribution >= 0.6 is 0 Å². The Morgan fingerprint density at radius 3 is 2.65 bits per heavy atom. The van der Waals surface area contributed by atoms with Crippen LogP contribution in [0, 0.1) is 5.92 Å². The zero-order chi connectivity index (χ0) is 21.5. The number of nitrogens with zero attached hydrogens (tertiary/aromatic N) is 3. The van der Waals surface area contributed by atoms with E-state index < -0.39 is 0 Å². The minimum atomic E-state index is 0.275. The zero-order valence-corrected chi connectivity index (χ0v) is 18.6. The molecule has 5 nitrogen and oxygen atoms in total. The highest BCUT2D eigenvalue weighted by Gasteiger charge is 2.25. The third-order valence-electron chi connectivity index (χ3n) is 6.24. The minimum absolute atomic E-state index is 0.275. The van der Waals surface area contributed by atoms with Crippen LogP contribution in [0.3, 0.4) is 0 Å². The summed E-state index contributed by atoms with van der Waals surface area (Å²) in [6.07, 6.45) is 4.01. The quantitative estimate of drug-likeness (QED) is 0.549.